The highest BCUT2D eigenvalue weighted by molar-refractivity contribution is 5.99. The molecule has 1 aliphatic rings. The standard InChI is InChI=1S/C12H18N4O2/c1-8-6-9(3-5-18-8)15-12(17)10-7-14-4-2-11(10)16-13/h2,4,7-9H,3,5-6,13H2,1H3,(H,14,16)(H,15,17). The first-order chi connectivity index (χ1) is 8.70. The number of nitrogen functional groups attached to an aromatic ring is 1. The Bertz CT molecular complexity index is 424. The van der Waals surface area contributed by atoms with Crippen LogP contribution in [0.2, 0.25) is 0 Å². The molecule has 18 heavy (non-hydrogen) atoms. The van der Waals surface area contributed by atoms with E-state index in [1.54, 1.807) is 12.3 Å². The van der Waals surface area contributed by atoms with E-state index in [1.807, 2.05) is 6.92 Å². The molecule has 1 aromatic heterocycles. The van der Waals surface area contributed by atoms with E-state index in [-0.39, 0.29) is 18.1 Å². The summed E-state index contributed by atoms with van der Waals surface area (Å²) >= 11 is 0. The van der Waals surface area contributed by atoms with Crippen molar-refractivity contribution >= 4 is 11.6 Å². The van der Waals surface area contributed by atoms with Gasteiger partial charge in [-0.05, 0) is 25.8 Å². The first-order valence-electron chi connectivity index (χ1n) is 6.04. The van der Waals surface area contributed by atoms with Gasteiger partial charge < -0.3 is 15.5 Å². The molecule has 1 fully saturated rings. The van der Waals surface area contributed by atoms with Gasteiger partial charge in [-0.25, -0.2) is 0 Å². The molecule has 1 aliphatic heterocycles. The van der Waals surface area contributed by atoms with Gasteiger partial charge in [0.1, 0.15) is 0 Å². The summed E-state index contributed by atoms with van der Waals surface area (Å²) in [6, 6.07) is 1.81. The lowest BCUT2D eigenvalue weighted by molar-refractivity contribution is 0.0136. The molecule has 0 aromatic carbocycles. The second-order valence-corrected chi connectivity index (χ2v) is 4.44. The first-order valence-corrected chi connectivity index (χ1v) is 6.04. The highest BCUT2D eigenvalue weighted by Gasteiger charge is 2.22. The van der Waals surface area contributed by atoms with Crippen LogP contribution in [0.3, 0.4) is 0 Å². The van der Waals surface area contributed by atoms with Crippen LogP contribution in [0.15, 0.2) is 18.5 Å². The predicted molar refractivity (Wildman–Crippen MR) is 67.9 cm³/mol. The maximum atomic E-state index is 12.1. The number of nitrogens with zero attached hydrogens (tertiary/aromatic N) is 1. The second-order valence-electron chi connectivity index (χ2n) is 4.44. The van der Waals surface area contributed by atoms with Crippen molar-refractivity contribution in [1.82, 2.24) is 10.3 Å². The van der Waals surface area contributed by atoms with Crippen molar-refractivity contribution in [3.05, 3.63) is 24.0 Å². The molecule has 6 nitrogen and oxygen atoms in total. The number of ether oxygens (including phenoxy) is 1. The molecule has 0 bridgehead atoms. The Balaban J connectivity index is 2.03. The van der Waals surface area contributed by atoms with Crippen LogP contribution in [0, 0.1) is 0 Å². The lowest BCUT2D eigenvalue weighted by atomic mass is 10.0. The number of carbonyl (C=O) groups is 1. The lowest BCUT2D eigenvalue weighted by Crippen LogP contribution is -2.41. The Hall–Kier alpha value is -1.66. The third-order valence-corrected chi connectivity index (χ3v) is 3.04. The molecule has 2 rings (SSSR count). The number of hydrogen-bond acceptors (Lipinski definition) is 5. The van der Waals surface area contributed by atoms with E-state index in [2.05, 4.69) is 15.7 Å². The average Bonchev–Trinajstić information content (AvgIpc) is 2.38. The largest absolute Gasteiger partial charge is 0.378 e. The fraction of sp³-hybridized carbons (Fsp3) is 0.500. The Labute approximate surface area is 106 Å². The number of hydrazine groups is 1. The number of aromatic nitrogens is 1. The van der Waals surface area contributed by atoms with Crippen LogP contribution in [-0.4, -0.2) is 29.6 Å². The van der Waals surface area contributed by atoms with Gasteiger partial charge in [0, 0.05) is 25.0 Å². The van der Waals surface area contributed by atoms with Gasteiger partial charge in [0.15, 0.2) is 0 Å². The molecule has 0 spiro atoms. The molecule has 0 saturated carbocycles. The van der Waals surface area contributed by atoms with Gasteiger partial charge in [0.05, 0.1) is 17.4 Å². The van der Waals surface area contributed by atoms with Gasteiger partial charge in [-0.15, -0.1) is 0 Å². The monoisotopic (exact) mass is 250 g/mol. The van der Waals surface area contributed by atoms with Crippen molar-refractivity contribution in [2.24, 2.45) is 5.84 Å². The van der Waals surface area contributed by atoms with Crippen LogP contribution in [0.25, 0.3) is 0 Å². The van der Waals surface area contributed by atoms with Gasteiger partial charge in [-0.1, -0.05) is 0 Å². The molecule has 1 saturated heterocycles. The molecule has 1 amide bonds. The Morgan fingerprint density at radius 3 is 3.17 bits per heavy atom. The summed E-state index contributed by atoms with van der Waals surface area (Å²) < 4.78 is 5.44. The molecule has 2 unspecified atom stereocenters. The summed E-state index contributed by atoms with van der Waals surface area (Å²) in [5.74, 6) is 5.21. The zero-order chi connectivity index (χ0) is 13.0. The third kappa shape index (κ3) is 2.96. The minimum Gasteiger partial charge on any atom is -0.378 e. The number of hydrogen-bond donors (Lipinski definition) is 3. The molecule has 2 heterocycles. The number of nitrogens with two attached hydrogens (primary N) is 1. The fourth-order valence-corrected chi connectivity index (χ4v) is 2.09. The van der Waals surface area contributed by atoms with E-state index in [1.165, 1.54) is 6.20 Å². The number of nitrogens with one attached hydrogen (secondary N) is 2. The zero-order valence-electron chi connectivity index (χ0n) is 10.3. The zero-order valence-corrected chi connectivity index (χ0v) is 10.3. The van der Waals surface area contributed by atoms with E-state index in [9.17, 15) is 4.79 Å². The van der Waals surface area contributed by atoms with Crippen LogP contribution in [0.4, 0.5) is 5.69 Å². The van der Waals surface area contributed by atoms with E-state index in [0.29, 0.717) is 17.9 Å². The van der Waals surface area contributed by atoms with Crippen LogP contribution >= 0.6 is 0 Å². The number of rotatable bonds is 3. The van der Waals surface area contributed by atoms with Crippen LogP contribution < -0.4 is 16.6 Å². The van der Waals surface area contributed by atoms with Gasteiger partial charge in [0.25, 0.3) is 5.91 Å². The molecule has 98 valence electrons. The Morgan fingerprint density at radius 2 is 2.44 bits per heavy atom. The predicted octanol–water partition coefficient (Wildman–Crippen LogP) is 0.664. The van der Waals surface area contributed by atoms with Gasteiger partial charge in [-0.2, -0.15) is 0 Å². The minimum atomic E-state index is -0.157. The molecule has 1 aromatic rings. The fourth-order valence-electron chi connectivity index (χ4n) is 2.09. The lowest BCUT2D eigenvalue weighted by Gasteiger charge is -2.28. The first kappa shape index (κ1) is 12.8. The van der Waals surface area contributed by atoms with Gasteiger partial charge >= 0.3 is 0 Å². The van der Waals surface area contributed by atoms with Gasteiger partial charge in [0.2, 0.25) is 0 Å². The summed E-state index contributed by atoms with van der Waals surface area (Å²) in [6.45, 7) is 2.69. The molecule has 0 radical (unpaired) electrons. The summed E-state index contributed by atoms with van der Waals surface area (Å²) in [5.41, 5.74) is 3.53. The number of anilines is 1. The number of amides is 1. The number of pyridine rings is 1. The van der Waals surface area contributed by atoms with Crippen LogP contribution in [-0.2, 0) is 4.74 Å². The molecule has 2 atom stereocenters. The van der Waals surface area contributed by atoms with E-state index in [0.717, 1.165) is 12.8 Å². The van der Waals surface area contributed by atoms with Crippen molar-refractivity contribution < 1.29 is 9.53 Å². The van der Waals surface area contributed by atoms with Crippen molar-refractivity contribution in [2.75, 3.05) is 12.0 Å². The summed E-state index contributed by atoms with van der Waals surface area (Å²) in [4.78, 5) is 16.1. The number of carbonyl (C=O) groups excluding carboxylic acids is 1. The maximum absolute atomic E-state index is 12.1. The maximum Gasteiger partial charge on any atom is 0.255 e. The highest BCUT2D eigenvalue weighted by Crippen LogP contribution is 2.16. The quantitative estimate of drug-likeness (QED) is 0.542. The third-order valence-electron chi connectivity index (χ3n) is 3.04. The van der Waals surface area contributed by atoms with E-state index >= 15 is 0 Å². The van der Waals surface area contributed by atoms with Crippen molar-refractivity contribution in [1.29, 1.82) is 0 Å². The Kier molecular flexibility index (Phi) is 4.11. The summed E-state index contributed by atoms with van der Waals surface area (Å²) in [5, 5.41) is 2.99. The molecule has 4 N–H and O–H groups in total. The second kappa shape index (κ2) is 5.79. The normalized spacial score (nSPS) is 23.4. The van der Waals surface area contributed by atoms with Crippen molar-refractivity contribution in [2.45, 2.75) is 31.9 Å². The topological polar surface area (TPSA) is 89.3 Å². The van der Waals surface area contributed by atoms with Crippen molar-refractivity contribution in [3.63, 3.8) is 0 Å². The van der Waals surface area contributed by atoms with Crippen molar-refractivity contribution in [3.8, 4) is 0 Å². The summed E-state index contributed by atoms with van der Waals surface area (Å²) in [6.07, 6.45) is 4.94. The SMILES string of the molecule is CC1CC(NC(=O)c2cnccc2NN)CCO1. The molecular formula is C12H18N4O2. The van der Waals surface area contributed by atoms with E-state index < -0.39 is 0 Å². The minimum absolute atomic E-state index is 0.145. The van der Waals surface area contributed by atoms with E-state index in [4.69, 9.17) is 10.6 Å². The Morgan fingerprint density at radius 1 is 1.61 bits per heavy atom. The smallest absolute Gasteiger partial charge is 0.255 e. The molecule has 0 aliphatic carbocycles. The summed E-state index contributed by atoms with van der Waals surface area (Å²) in [7, 11) is 0. The average molecular weight is 250 g/mol. The van der Waals surface area contributed by atoms with Crippen LogP contribution in [0.1, 0.15) is 30.1 Å². The highest BCUT2D eigenvalue weighted by atomic mass is 16.5. The van der Waals surface area contributed by atoms with Gasteiger partial charge in [-0.3, -0.25) is 15.6 Å². The molecular weight excluding hydrogens is 232 g/mol. The molecule has 6 heteroatoms. The van der Waals surface area contributed by atoms with Crippen LogP contribution in [0.5, 0.6) is 0 Å².